The van der Waals surface area contributed by atoms with Crippen LogP contribution in [0.3, 0.4) is 0 Å². The van der Waals surface area contributed by atoms with Gasteiger partial charge in [-0.05, 0) is 29.7 Å². The molecule has 0 aliphatic rings. The zero-order valence-electron chi connectivity index (χ0n) is 13.3. The summed E-state index contributed by atoms with van der Waals surface area (Å²) in [6.07, 6.45) is 0. The summed E-state index contributed by atoms with van der Waals surface area (Å²) in [5.74, 6) is 0.948. The monoisotopic (exact) mass is 341 g/mol. The Morgan fingerprint density at radius 3 is 2.46 bits per heavy atom. The number of methoxy groups -OCH3 is 2. The van der Waals surface area contributed by atoms with Gasteiger partial charge in [-0.1, -0.05) is 35.9 Å². The van der Waals surface area contributed by atoms with Gasteiger partial charge >= 0.3 is 0 Å². The highest BCUT2D eigenvalue weighted by Gasteiger charge is 2.14. The molecule has 0 saturated heterocycles. The molecule has 1 amide bonds. The Morgan fingerprint density at radius 1 is 0.958 bits per heavy atom. The fourth-order valence-electron chi connectivity index (χ4n) is 2.57. The summed E-state index contributed by atoms with van der Waals surface area (Å²) in [4.78, 5) is 12.8. The van der Waals surface area contributed by atoms with Crippen molar-refractivity contribution in [1.29, 1.82) is 0 Å². The maximum absolute atomic E-state index is 12.8. The van der Waals surface area contributed by atoms with Crippen LogP contribution in [0.1, 0.15) is 10.4 Å². The van der Waals surface area contributed by atoms with E-state index in [0.717, 1.165) is 10.8 Å². The summed E-state index contributed by atoms with van der Waals surface area (Å²) < 4.78 is 10.5. The molecule has 1 N–H and O–H groups in total. The Balaban J connectivity index is 2.01. The predicted molar refractivity (Wildman–Crippen MR) is 96.5 cm³/mol. The van der Waals surface area contributed by atoms with E-state index in [1.54, 1.807) is 44.6 Å². The smallest absolute Gasteiger partial charge is 0.256 e. The number of rotatable bonds is 4. The summed E-state index contributed by atoms with van der Waals surface area (Å²) in [7, 11) is 3.12. The standard InChI is InChI=1S/C19H16ClNO3/c1-23-12-9-10-18(24-2)17(11-12)21-19(22)15-7-3-6-14-13(15)5-4-8-16(14)20/h3-11H,1-2H3,(H,21,22). The number of halogens is 1. The van der Waals surface area contributed by atoms with Gasteiger partial charge in [-0.25, -0.2) is 0 Å². The van der Waals surface area contributed by atoms with Crippen molar-refractivity contribution in [2.75, 3.05) is 19.5 Å². The van der Waals surface area contributed by atoms with Gasteiger partial charge in [0, 0.05) is 22.0 Å². The highest BCUT2D eigenvalue weighted by molar-refractivity contribution is 6.36. The third-order valence-electron chi connectivity index (χ3n) is 3.77. The molecular weight excluding hydrogens is 326 g/mol. The van der Waals surface area contributed by atoms with E-state index in [1.807, 2.05) is 24.3 Å². The maximum atomic E-state index is 12.8. The summed E-state index contributed by atoms with van der Waals surface area (Å²) in [5, 5.41) is 5.12. The number of hydrogen-bond donors (Lipinski definition) is 1. The summed E-state index contributed by atoms with van der Waals surface area (Å²) in [6.45, 7) is 0. The predicted octanol–water partition coefficient (Wildman–Crippen LogP) is 4.76. The van der Waals surface area contributed by atoms with Crippen LogP contribution in [-0.2, 0) is 0 Å². The van der Waals surface area contributed by atoms with Crippen molar-refractivity contribution < 1.29 is 14.3 Å². The molecule has 0 radical (unpaired) electrons. The van der Waals surface area contributed by atoms with Crippen molar-refractivity contribution >= 4 is 34.0 Å². The van der Waals surface area contributed by atoms with Gasteiger partial charge in [0.05, 0.1) is 19.9 Å². The van der Waals surface area contributed by atoms with Gasteiger partial charge in [-0.15, -0.1) is 0 Å². The lowest BCUT2D eigenvalue weighted by Crippen LogP contribution is -2.13. The molecule has 0 fully saturated rings. The van der Waals surface area contributed by atoms with E-state index < -0.39 is 0 Å². The molecule has 0 saturated carbocycles. The van der Waals surface area contributed by atoms with E-state index in [-0.39, 0.29) is 5.91 Å². The Hall–Kier alpha value is -2.72. The Morgan fingerprint density at radius 2 is 1.71 bits per heavy atom. The number of carbonyl (C=O) groups is 1. The maximum Gasteiger partial charge on any atom is 0.256 e. The van der Waals surface area contributed by atoms with Crippen molar-refractivity contribution in [3.05, 3.63) is 65.2 Å². The SMILES string of the molecule is COc1ccc(OC)c(NC(=O)c2cccc3c(Cl)cccc23)c1. The Bertz CT molecular complexity index is 908. The van der Waals surface area contributed by atoms with Crippen LogP contribution in [0.2, 0.25) is 5.02 Å². The van der Waals surface area contributed by atoms with Gasteiger partial charge in [-0.3, -0.25) is 4.79 Å². The van der Waals surface area contributed by atoms with Crippen molar-refractivity contribution in [3.63, 3.8) is 0 Å². The van der Waals surface area contributed by atoms with Crippen molar-refractivity contribution in [2.24, 2.45) is 0 Å². The number of hydrogen-bond acceptors (Lipinski definition) is 3. The molecule has 122 valence electrons. The van der Waals surface area contributed by atoms with E-state index in [1.165, 1.54) is 0 Å². The first-order valence-electron chi connectivity index (χ1n) is 7.34. The molecule has 3 aromatic carbocycles. The van der Waals surface area contributed by atoms with E-state index in [4.69, 9.17) is 21.1 Å². The van der Waals surface area contributed by atoms with Crippen LogP contribution in [0.15, 0.2) is 54.6 Å². The number of benzene rings is 3. The van der Waals surface area contributed by atoms with Crippen LogP contribution in [-0.4, -0.2) is 20.1 Å². The lowest BCUT2D eigenvalue weighted by Gasteiger charge is -2.13. The second-order valence-corrected chi connectivity index (χ2v) is 5.57. The molecule has 0 atom stereocenters. The second-order valence-electron chi connectivity index (χ2n) is 5.16. The third kappa shape index (κ3) is 3.01. The number of fused-ring (bicyclic) bond motifs is 1. The first-order valence-corrected chi connectivity index (χ1v) is 7.72. The zero-order chi connectivity index (χ0) is 17.1. The zero-order valence-corrected chi connectivity index (χ0v) is 14.1. The molecular formula is C19H16ClNO3. The van der Waals surface area contributed by atoms with Crippen LogP contribution in [0.4, 0.5) is 5.69 Å². The molecule has 3 rings (SSSR count). The molecule has 24 heavy (non-hydrogen) atoms. The van der Waals surface area contributed by atoms with Crippen molar-refractivity contribution in [1.82, 2.24) is 0 Å². The third-order valence-corrected chi connectivity index (χ3v) is 4.10. The average Bonchev–Trinajstić information content (AvgIpc) is 2.61. The number of carbonyl (C=O) groups excluding carboxylic acids is 1. The first kappa shape index (κ1) is 16.1. The summed E-state index contributed by atoms with van der Waals surface area (Å²) in [5.41, 5.74) is 1.08. The van der Waals surface area contributed by atoms with Gasteiger partial charge < -0.3 is 14.8 Å². The molecule has 4 nitrogen and oxygen atoms in total. The van der Waals surface area contributed by atoms with E-state index >= 15 is 0 Å². The first-order chi connectivity index (χ1) is 11.6. The molecule has 0 aliphatic carbocycles. The lowest BCUT2D eigenvalue weighted by molar-refractivity contribution is 0.102. The fraction of sp³-hybridized carbons (Fsp3) is 0.105. The second kappa shape index (κ2) is 6.81. The van der Waals surface area contributed by atoms with Crippen molar-refractivity contribution in [3.8, 4) is 11.5 Å². The number of ether oxygens (including phenoxy) is 2. The quantitative estimate of drug-likeness (QED) is 0.744. The van der Waals surface area contributed by atoms with E-state index in [2.05, 4.69) is 5.32 Å². The Labute approximate surface area is 145 Å². The normalized spacial score (nSPS) is 10.5. The van der Waals surface area contributed by atoms with Gasteiger partial charge in [0.2, 0.25) is 0 Å². The average molecular weight is 342 g/mol. The van der Waals surface area contributed by atoms with Crippen LogP contribution in [0.25, 0.3) is 10.8 Å². The van der Waals surface area contributed by atoms with E-state index in [0.29, 0.717) is 27.8 Å². The number of amides is 1. The summed E-state index contributed by atoms with van der Waals surface area (Å²) in [6, 6.07) is 16.2. The minimum absolute atomic E-state index is 0.241. The highest BCUT2D eigenvalue weighted by atomic mass is 35.5. The van der Waals surface area contributed by atoms with Crippen molar-refractivity contribution in [2.45, 2.75) is 0 Å². The topological polar surface area (TPSA) is 47.6 Å². The highest BCUT2D eigenvalue weighted by Crippen LogP contribution is 2.31. The van der Waals surface area contributed by atoms with Gasteiger partial charge in [0.15, 0.2) is 0 Å². The minimum atomic E-state index is -0.241. The Kier molecular flexibility index (Phi) is 4.58. The molecule has 0 heterocycles. The fourth-order valence-corrected chi connectivity index (χ4v) is 2.81. The van der Waals surface area contributed by atoms with Gasteiger partial charge in [0.1, 0.15) is 11.5 Å². The molecule has 3 aromatic rings. The number of anilines is 1. The van der Waals surface area contributed by atoms with Gasteiger partial charge in [-0.2, -0.15) is 0 Å². The summed E-state index contributed by atoms with van der Waals surface area (Å²) >= 11 is 6.21. The molecule has 0 aromatic heterocycles. The molecule has 0 spiro atoms. The molecule has 0 bridgehead atoms. The van der Waals surface area contributed by atoms with E-state index in [9.17, 15) is 4.79 Å². The number of nitrogens with one attached hydrogen (secondary N) is 1. The molecule has 5 heteroatoms. The minimum Gasteiger partial charge on any atom is -0.497 e. The van der Waals surface area contributed by atoms with Crippen LogP contribution < -0.4 is 14.8 Å². The van der Waals surface area contributed by atoms with Crippen LogP contribution in [0, 0.1) is 0 Å². The molecule has 0 unspecified atom stereocenters. The van der Waals surface area contributed by atoms with Gasteiger partial charge in [0.25, 0.3) is 5.91 Å². The largest absolute Gasteiger partial charge is 0.497 e. The van der Waals surface area contributed by atoms with Crippen LogP contribution in [0.5, 0.6) is 11.5 Å². The van der Waals surface area contributed by atoms with Crippen LogP contribution >= 0.6 is 11.6 Å². The lowest BCUT2D eigenvalue weighted by atomic mass is 10.0. The molecule has 0 aliphatic heterocycles.